The lowest BCUT2D eigenvalue weighted by Crippen LogP contribution is -2.15. The number of aromatic nitrogens is 2. The number of aliphatic hydroxyl groups is 2. The van der Waals surface area contributed by atoms with E-state index in [-0.39, 0.29) is 12.4 Å². The Morgan fingerprint density at radius 2 is 2.24 bits per heavy atom. The smallest absolute Gasteiger partial charge is 0.131 e. The topological polar surface area (TPSA) is 58.3 Å². The van der Waals surface area contributed by atoms with Gasteiger partial charge in [-0.15, -0.1) is 0 Å². The van der Waals surface area contributed by atoms with Crippen LogP contribution in [0.1, 0.15) is 6.42 Å². The highest BCUT2D eigenvalue weighted by atomic mass is 127. The number of benzene rings is 1. The summed E-state index contributed by atoms with van der Waals surface area (Å²) in [5, 5.41) is 23.2. The highest BCUT2D eigenvalue weighted by Gasteiger charge is 2.10. The molecule has 1 unspecified atom stereocenters. The van der Waals surface area contributed by atoms with Crippen LogP contribution in [-0.2, 0) is 6.54 Å². The number of halogens is 2. The molecule has 0 radical (unpaired) electrons. The maximum Gasteiger partial charge on any atom is 0.131 e. The van der Waals surface area contributed by atoms with E-state index in [1.165, 1.54) is 12.1 Å². The van der Waals surface area contributed by atoms with E-state index >= 15 is 0 Å². The predicted molar refractivity (Wildman–Crippen MR) is 70.1 cm³/mol. The molecule has 0 fully saturated rings. The predicted octanol–water partition coefficient (Wildman–Crippen LogP) is 1.52. The van der Waals surface area contributed by atoms with Gasteiger partial charge in [-0.2, -0.15) is 5.10 Å². The Labute approximate surface area is 111 Å². The maximum atomic E-state index is 13.2. The zero-order valence-electron chi connectivity index (χ0n) is 8.98. The van der Waals surface area contributed by atoms with Gasteiger partial charge in [0.1, 0.15) is 9.52 Å². The summed E-state index contributed by atoms with van der Waals surface area (Å²) in [7, 11) is 0. The summed E-state index contributed by atoms with van der Waals surface area (Å²) in [4.78, 5) is 0. The van der Waals surface area contributed by atoms with Gasteiger partial charge in [0.2, 0.25) is 0 Å². The summed E-state index contributed by atoms with van der Waals surface area (Å²) >= 11 is 2.09. The van der Waals surface area contributed by atoms with Crippen molar-refractivity contribution < 1.29 is 14.6 Å². The molecule has 92 valence electrons. The highest BCUT2D eigenvalue weighted by molar-refractivity contribution is 14.1. The maximum absolute atomic E-state index is 13.2. The minimum Gasteiger partial charge on any atom is -0.394 e. The molecule has 0 amide bonds. The van der Waals surface area contributed by atoms with Crippen LogP contribution in [0.25, 0.3) is 10.9 Å². The molecule has 0 aliphatic carbocycles. The molecule has 2 N–H and O–H groups in total. The van der Waals surface area contributed by atoms with E-state index in [0.29, 0.717) is 18.5 Å². The number of aryl methyl sites for hydroxylation is 1. The Balaban J connectivity index is 2.30. The molecule has 1 atom stereocenters. The number of fused-ring (bicyclic) bond motifs is 1. The van der Waals surface area contributed by atoms with Gasteiger partial charge in [-0.3, -0.25) is 4.68 Å². The quantitative estimate of drug-likeness (QED) is 0.823. The number of rotatable bonds is 4. The van der Waals surface area contributed by atoms with Gasteiger partial charge in [0.15, 0.2) is 0 Å². The summed E-state index contributed by atoms with van der Waals surface area (Å²) in [6.45, 7) is 0.176. The van der Waals surface area contributed by atoms with Gasteiger partial charge < -0.3 is 10.2 Å². The summed E-state index contributed by atoms with van der Waals surface area (Å²) in [5.41, 5.74) is 0.708. The summed E-state index contributed by atoms with van der Waals surface area (Å²) in [6, 6.07) is 4.52. The van der Waals surface area contributed by atoms with Crippen LogP contribution in [0.4, 0.5) is 4.39 Å². The van der Waals surface area contributed by atoms with Crippen LogP contribution >= 0.6 is 22.6 Å². The number of nitrogens with zero attached hydrogens (tertiary/aromatic N) is 2. The first-order chi connectivity index (χ1) is 8.11. The van der Waals surface area contributed by atoms with Crippen molar-refractivity contribution >= 4 is 33.5 Å². The molecule has 0 spiro atoms. The third-order valence-electron chi connectivity index (χ3n) is 2.55. The average molecular weight is 350 g/mol. The highest BCUT2D eigenvalue weighted by Crippen LogP contribution is 2.21. The van der Waals surface area contributed by atoms with Crippen LogP contribution in [0, 0.1) is 9.52 Å². The summed E-state index contributed by atoms with van der Waals surface area (Å²) in [5.74, 6) is -0.308. The van der Waals surface area contributed by atoms with Crippen molar-refractivity contribution in [2.75, 3.05) is 6.61 Å². The van der Waals surface area contributed by atoms with Crippen molar-refractivity contribution in [3.63, 3.8) is 0 Å². The summed E-state index contributed by atoms with van der Waals surface area (Å²) in [6.07, 6.45) is -0.375. The van der Waals surface area contributed by atoms with Gasteiger partial charge in [-0.05, 0) is 47.2 Å². The third kappa shape index (κ3) is 2.75. The molecule has 0 saturated carbocycles. The fourth-order valence-electron chi connectivity index (χ4n) is 1.64. The molecule has 1 heterocycles. The Morgan fingerprint density at radius 1 is 1.47 bits per heavy atom. The van der Waals surface area contributed by atoms with Crippen LogP contribution in [0.15, 0.2) is 18.2 Å². The van der Waals surface area contributed by atoms with Gasteiger partial charge in [-0.1, -0.05) is 0 Å². The minimum absolute atomic E-state index is 0.273. The van der Waals surface area contributed by atoms with Crippen molar-refractivity contribution in [1.82, 2.24) is 9.78 Å². The van der Waals surface area contributed by atoms with Crippen LogP contribution in [0.5, 0.6) is 0 Å². The Kier molecular flexibility index (Phi) is 3.95. The van der Waals surface area contributed by atoms with E-state index < -0.39 is 6.10 Å². The second-order valence-electron chi connectivity index (χ2n) is 3.80. The molecule has 2 aromatic rings. The number of hydrogen-bond donors (Lipinski definition) is 2. The molecule has 17 heavy (non-hydrogen) atoms. The van der Waals surface area contributed by atoms with Gasteiger partial charge >= 0.3 is 0 Å². The van der Waals surface area contributed by atoms with Gasteiger partial charge in [-0.25, -0.2) is 4.39 Å². The van der Waals surface area contributed by atoms with E-state index in [0.717, 1.165) is 9.09 Å². The van der Waals surface area contributed by atoms with Crippen LogP contribution < -0.4 is 0 Å². The minimum atomic E-state index is -0.763. The molecular weight excluding hydrogens is 338 g/mol. The lowest BCUT2D eigenvalue weighted by Gasteiger charge is -2.07. The molecule has 0 bridgehead atoms. The number of aliphatic hydroxyl groups excluding tert-OH is 2. The average Bonchev–Trinajstić information content (AvgIpc) is 2.62. The van der Waals surface area contributed by atoms with Crippen LogP contribution in [0.3, 0.4) is 0 Å². The van der Waals surface area contributed by atoms with E-state index in [9.17, 15) is 9.50 Å². The first-order valence-electron chi connectivity index (χ1n) is 5.22. The van der Waals surface area contributed by atoms with Crippen molar-refractivity contribution in [2.45, 2.75) is 19.1 Å². The van der Waals surface area contributed by atoms with Crippen molar-refractivity contribution in [3.05, 3.63) is 27.7 Å². The lowest BCUT2D eigenvalue weighted by molar-refractivity contribution is 0.0840. The molecule has 0 saturated heterocycles. The van der Waals surface area contributed by atoms with E-state index in [1.54, 1.807) is 10.7 Å². The van der Waals surface area contributed by atoms with E-state index in [1.807, 2.05) is 0 Å². The van der Waals surface area contributed by atoms with Crippen molar-refractivity contribution in [1.29, 1.82) is 0 Å². The molecule has 0 aliphatic heterocycles. The second kappa shape index (κ2) is 5.28. The molecule has 2 rings (SSSR count). The fourth-order valence-corrected chi connectivity index (χ4v) is 2.36. The van der Waals surface area contributed by atoms with Crippen LogP contribution in [-0.4, -0.2) is 32.7 Å². The standard InChI is InChI=1S/C11H12FIN2O2/c12-7-1-2-9-10(5-7)15(14-11(9)13)4-3-8(17)6-16/h1-2,5,8,16-17H,3-4,6H2. The zero-order valence-corrected chi connectivity index (χ0v) is 11.1. The monoisotopic (exact) mass is 350 g/mol. The Hall–Kier alpha value is -0.730. The van der Waals surface area contributed by atoms with E-state index in [4.69, 9.17) is 5.11 Å². The first-order valence-corrected chi connectivity index (χ1v) is 6.30. The Bertz CT molecular complexity index is 529. The SMILES string of the molecule is OCC(O)CCn1nc(I)c2ccc(F)cc21. The third-order valence-corrected chi connectivity index (χ3v) is 3.35. The molecular formula is C11H12FIN2O2. The lowest BCUT2D eigenvalue weighted by atomic mass is 10.2. The van der Waals surface area contributed by atoms with Gasteiger partial charge in [0.25, 0.3) is 0 Å². The summed E-state index contributed by atoms with van der Waals surface area (Å²) < 4.78 is 15.6. The fraction of sp³-hybridized carbons (Fsp3) is 0.364. The molecule has 0 aliphatic rings. The molecule has 4 nitrogen and oxygen atoms in total. The van der Waals surface area contributed by atoms with Crippen LogP contribution in [0.2, 0.25) is 0 Å². The van der Waals surface area contributed by atoms with Crippen molar-refractivity contribution in [3.8, 4) is 0 Å². The van der Waals surface area contributed by atoms with Gasteiger partial charge in [0.05, 0.1) is 18.2 Å². The second-order valence-corrected chi connectivity index (χ2v) is 4.82. The van der Waals surface area contributed by atoms with Crippen molar-refractivity contribution in [2.24, 2.45) is 0 Å². The normalized spacial score (nSPS) is 13.2. The zero-order chi connectivity index (χ0) is 12.4. The molecule has 6 heteroatoms. The molecule has 1 aromatic carbocycles. The Morgan fingerprint density at radius 3 is 2.94 bits per heavy atom. The first kappa shape index (κ1) is 12.7. The van der Waals surface area contributed by atoms with Gasteiger partial charge in [0, 0.05) is 11.9 Å². The number of hydrogen-bond acceptors (Lipinski definition) is 3. The van der Waals surface area contributed by atoms with E-state index in [2.05, 4.69) is 27.7 Å². The molecule has 1 aromatic heterocycles. The largest absolute Gasteiger partial charge is 0.394 e.